The van der Waals surface area contributed by atoms with E-state index in [-0.39, 0.29) is 5.97 Å². The molecule has 0 saturated carbocycles. The first kappa shape index (κ1) is 10.8. The fourth-order valence-corrected chi connectivity index (χ4v) is 1.23. The molecule has 14 heavy (non-hydrogen) atoms. The minimum atomic E-state index is -0.193. The van der Waals surface area contributed by atoms with Crippen molar-refractivity contribution in [2.24, 2.45) is 0 Å². The minimum absolute atomic E-state index is 0.193. The number of cyclic esters (lactones) is 1. The summed E-state index contributed by atoms with van der Waals surface area (Å²) in [5.74, 6) is 5.73. The van der Waals surface area contributed by atoms with Crippen molar-refractivity contribution in [3.63, 3.8) is 0 Å². The maximum atomic E-state index is 11.2. The second-order valence-corrected chi connectivity index (χ2v) is 3.33. The number of carbonyl (C=O) groups is 1. The number of unbranched alkanes of at least 4 members (excludes halogenated alkanes) is 2. The number of hydrogen-bond donors (Lipinski definition) is 0. The summed E-state index contributed by atoms with van der Waals surface area (Å²) in [6.07, 6.45) is 6.63. The van der Waals surface area contributed by atoms with Crippen molar-refractivity contribution in [1.29, 1.82) is 0 Å². The monoisotopic (exact) mass is 192 g/mol. The lowest BCUT2D eigenvalue weighted by atomic mass is 10.1. The van der Waals surface area contributed by atoms with Gasteiger partial charge >= 0.3 is 5.97 Å². The Morgan fingerprint density at radius 2 is 2.43 bits per heavy atom. The van der Waals surface area contributed by atoms with Crippen molar-refractivity contribution in [3.05, 3.63) is 11.6 Å². The van der Waals surface area contributed by atoms with Crippen LogP contribution < -0.4 is 0 Å². The van der Waals surface area contributed by atoms with Gasteiger partial charge in [0.05, 0.1) is 6.61 Å². The average molecular weight is 192 g/mol. The Kier molecular flexibility index (Phi) is 4.85. The van der Waals surface area contributed by atoms with Gasteiger partial charge in [-0.15, -0.1) is 0 Å². The molecule has 0 aromatic heterocycles. The van der Waals surface area contributed by atoms with Crippen LogP contribution in [0.15, 0.2) is 11.6 Å². The van der Waals surface area contributed by atoms with Gasteiger partial charge in [-0.25, -0.2) is 4.79 Å². The molecule has 0 amide bonds. The van der Waals surface area contributed by atoms with E-state index in [1.54, 1.807) is 6.08 Å². The van der Waals surface area contributed by atoms with Crippen LogP contribution >= 0.6 is 0 Å². The number of esters is 1. The molecule has 1 aliphatic heterocycles. The summed E-state index contributed by atoms with van der Waals surface area (Å²) in [4.78, 5) is 11.2. The highest BCUT2D eigenvalue weighted by Gasteiger charge is 2.14. The van der Waals surface area contributed by atoms with Gasteiger partial charge in [-0.3, -0.25) is 0 Å². The van der Waals surface area contributed by atoms with Crippen molar-refractivity contribution >= 4 is 5.97 Å². The molecule has 0 aromatic rings. The summed E-state index contributed by atoms with van der Waals surface area (Å²) in [6, 6.07) is 0. The van der Waals surface area contributed by atoms with E-state index < -0.39 is 0 Å². The van der Waals surface area contributed by atoms with E-state index in [4.69, 9.17) is 4.74 Å². The highest BCUT2D eigenvalue weighted by molar-refractivity contribution is 5.89. The molecule has 0 N–H and O–H groups in total. The summed E-state index contributed by atoms with van der Waals surface area (Å²) in [6.45, 7) is 2.69. The SMILES string of the molecule is CCCCC#CC=C1CCCOC1=O. The zero-order chi connectivity index (χ0) is 10.2. The fourth-order valence-electron chi connectivity index (χ4n) is 1.23. The lowest BCUT2D eigenvalue weighted by Gasteiger charge is -2.12. The molecule has 0 atom stereocenters. The third-order valence-corrected chi connectivity index (χ3v) is 2.09. The van der Waals surface area contributed by atoms with Crippen molar-refractivity contribution in [2.45, 2.75) is 39.0 Å². The van der Waals surface area contributed by atoms with E-state index in [2.05, 4.69) is 18.8 Å². The quantitative estimate of drug-likeness (QED) is 0.291. The summed E-state index contributed by atoms with van der Waals surface area (Å²) >= 11 is 0. The van der Waals surface area contributed by atoms with Gasteiger partial charge in [-0.1, -0.05) is 25.2 Å². The molecule has 1 aliphatic rings. The maximum absolute atomic E-state index is 11.2. The molecule has 1 fully saturated rings. The molecule has 0 radical (unpaired) electrons. The summed E-state index contributed by atoms with van der Waals surface area (Å²) in [5, 5.41) is 0. The number of hydrogen-bond acceptors (Lipinski definition) is 2. The van der Waals surface area contributed by atoms with Crippen LogP contribution in [0, 0.1) is 11.8 Å². The Balaban J connectivity index is 2.40. The molecule has 1 rings (SSSR count). The third-order valence-electron chi connectivity index (χ3n) is 2.09. The van der Waals surface area contributed by atoms with Crippen molar-refractivity contribution in [2.75, 3.05) is 6.61 Å². The van der Waals surface area contributed by atoms with E-state index >= 15 is 0 Å². The van der Waals surface area contributed by atoms with Gasteiger partial charge < -0.3 is 4.74 Å². The first-order chi connectivity index (χ1) is 6.84. The van der Waals surface area contributed by atoms with Crippen LogP contribution in [-0.4, -0.2) is 12.6 Å². The minimum Gasteiger partial charge on any atom is -0.462 e. The highest BCUT2D eigenvalue weighted by atomic mass is 16.5. The second-order valence-electron chi connectivity index (χ2n) is 3.33. The predicted octanol–water partition coefficient (Wildman–Crippen LogP) is 2.44. The molecule has 1 saturated heterocycles. The first-order valence-electron chi connectivity index (χ1n) is 5.19. The molecule has 2 heteroatoms. The molecule has 0 spiro atoms. The average Bonchev–Trinajstić information content (AvgIpc) is 2.20. The molecule has 1 heterocycles. The standard InChI is InChI=1S/C12H16O2/c1-2-3-4-5-6-8-11-9-7-10-14-12(11)13/h8H,2-4,7,9-10H2,1H3. The lowest BCUT2D eigenvalue weighted by Crippen LogP contribution is -2.15. The van der Waals surface area contributed by atoms with Gasteiger partial charge in [0.2, 0.25) is 0 Å². The molecule has 0 aromatic carbocycles. The van der Waals surface area contributed by atoms with Crippen LogP contribution in [0.1, 0.15) is 39.0 Å². The number of ether oxygens (including phenoxy) is 1. The molecule has 2 nitrogen and oxygen atoms in total. The van der Waals surface area contributed by atoms with Crippen LogP contribution in [0.3, 0.4) is 0 Å². The Morgan fingerprint density at radius 1 is 1.57 bits per heavy atom. The van der Waals surface area contributed by atoms with E-state index in [1.165, 1.54) is 0 Å². The lowest BCUT2D eigenvalue weighted by molar-refractivity contribution is -0.141. The highest BCUT2D eigenvalue weighted by Crippen LogP contribution is 2.12. The maximum Gasteiger partial charge on any atom is 0.334 e. The van der Waals surface area contributed by atoms with Gasteiger partial charge in [-0.2, -0.15) is 0 Å². The summed E-state index contributed by atoms with van der Waals surface area (Å²) < 4.78 is 4.89. The Morgan fingerprint density at radius 3 is 3.14 bits per heavy atom. The number of rotatable bonds is 2. The van der Waals surface area contributed by atoms with Crippen LogP contribution in [0.4, 0.5) is 0 Å². The normalized spacial score (nSPS) is 18.6. The first-order valence-corrected chi connectivity index (χ1v) is 5.19. The second kappa shape index (κ2) is 6.26. The molecular formula is C12H16O2. The van der Waals surface area contributed by atoms with Crippen molar-refractivity contribution < 1.29 is 9.53 Å². The predicted molar refractivity (Wildman–Crippen MR) is 55.6 cm³/mol. The van der Waals surface area contributed by atoms with Gasteiger partial charge in [0.1, 0.15) is 0 Å². The van der Waals surface area contributed by atoms with Crippen molar-refractivity contribution in [3.8, 4) is 11.8 Å². The van der Waals surface area contributed by atoms with Crippen LogP contribution in [0.5, 0.6) is 0 Å². The largest absolute Gasteiger partial charge is 0.462 e. The van der Waals surface area contributed by atoms with Crippen LogP contribution in [0.2, 0.25) is 0 Å². The Bertz CT molecular complexity index is 278. The molecule has 0 aliphatic carbocycles. The van der Waals surface area contributed by atoms with E-state index in [0.29, 0.717) is 6.61 Å². The van der Waals surface area contributed by atoms with E-state index in [1.807, 2.05) is 0 Å². The summed E-state index contributed by atoms with van der Waals surface area (Å²) in [5.41, 5.74) is 0.722. The molecule has 76 valence electrons. The molecular weight excluding hydrogens is 176 g/mol. The van der Waals surface area contributed by atoms with Crippen molar-refractivity contribution in [1.82, 2.24) is 0 Å². The zero-order valence-corrected chi connectivity index (χ0v) is 8.64. The van der Waals surface area contributed by atoms with Crippen LogP contribution in [0.25, 0.3) is 0 Å². The smallest absolute Gasteiger partial charge is 0.334 e. The Hall–Kier alpha value is -1.23. The third kappa shape index (κ3) is 3.66. The zero-order valence-electron chi connectivity index (χ0n) is 8.64. The van der Waals surface area contributed by atoms with Gasteiger partial charge in [0.15, 0.2) is 0 Å². The van der Waals surface area contributed by atoms with Gasteiger partial charge in [-0.05, 0) is 25.3 Å². The number of allylic oxidation sites excluding steroid dienone is 1. The summed E-state index contributed by atoms with van der Waals surface area (Å²) in [7, 11) is 0. The number of carbonyl (C=O) groups excluding carboxylic acids is 1. The molecule has 0 unspecified atom stereocenters. The van der Waals surface area contributed by atoms with Gasteiger partial charge in [0, 0.05) is 12.0 Å². The van der Waals surface area contributed by atoms with Crippen LogP contribution in [-0.2, 0) is 9.53 Å². The van der Waals surface area contributed by atoms with E-state index in [9.17, 15) is 4.79 Å². The van der Waals surface area contributed by atoms with E-state index in [0.717, 1.165) is 37.7 Å². The Labute approximate surface area is 85.3 Å². The molecule has 0 bridgehead atoms. The fraction of sp³-hybridized carbons (Fsp3) is 0.583. The topological polar surface area (TPSA) is 26.3 Å². The van der Waals surface area contributed by atoms with Gasteiger partial charge in [0.25, 0.3) is 0 Å².